The number of amides is 1. The van der Waals surface area contributed by atoms with Crippen molar-refractivity contribution in [3.8, 4) is 28.1 Å². The number of imidazole rings is 1. The number of rotatable bonds is 12. The van der Waals surface area contributed by atoms with Crippen molar-refractivity contribution in [2.45, 2.75) is 38.5 Å². The van der Waals surface area contributed by atoms with Crippen molar-refractivity contribution in [1.29, 1.82) is 0 Å². The van der Waals surface area contributed by atoms with Gasteiger partial charge in [-0.1, -0.05) is 84.9 Å². The van der Waals surface area contributed by atoms with E-state index in [9.17, 15) is 13.2 Å². The Morgan fingerprint density at radius 1 is 0.917 bits per heavy atom. The molecule has 0 atom stereocenters. The van der Waals surface area contributed by atoms with Crippen LogP contribution in [0.5, 0.6) is 0 Å². The number of thiol groups is 1. The van der Waals surface area contributed by atoms with Crippen LogP contribution in [-0.4, -0.2) is 37.0 Å². The third-order valence-corrected chi connectivity index (χ3v) is 10.1. The van der Waals surface area contributed by atoms with Gasteiger partial charge in [0.05, 0.1) is 16.4 Å². The first-order valence-electron chi connectivity index (χ1n) is 16.0. The van der Waals surface area contributed by atoms with E-state index in [1.54, 1.807) is 30.3 Å². The van der Waals surface area contributed by atoms with E-state index in [4.69, 9.17) is 33.9 Å². The Kier molecular flexibility index (Phi) is 10.7. The van der Waals surface area contributed by atoms with Gasteiger partial charge in [-0.05, 0) is 84.0 Å². The number of nitrogens with one attached hydrogen (secondary N) is 1. The lowest BCUT2D eigenvalue weighted by Crippen LogP contribution is -2.32. The van der Waals surface area contributed by atoms with E-state index < -0.39 is 23.3 Å². The lowest BCUT2D eigenvalue weighted by Gasteiger charge is -2.22. The summed E-state index contributed by atoms with van der Waals surface area (Å²) in [5.41, 5.74) is 12.1. The van der Waals surface area contributed by atoms with Gasteiger partial charge in [-0.15, -0.1) is 0 Å². The van der Waals surface area contributed by atoms with Crippen LogP contribution in [0.4, 0.5) is 11.4 Å². The molecule has 1 aliphatic rings. The van der Waals surface area contributed by atoms with Gasteiger partial charge in [-0.2, -0.15) is 0 Å². The second kappa shape index (κ2) is 15.3. The Bertz CT molecular complexity index is 1960. The fourth-order valence-corrected chi connectivity index (χ4v) is 7.29. The smallest absolute Gasteiger partial charge is 0.238 e. The molecule has 3 N–H and O–H groups in total. The zero-order valence-electron chi connectivity index (χ0n) is 26.3. The highest BCUT2D eigenvalue weighted by Gasteiger charge is 2.18. The van der Waals surface area contributed by atoms with Gasteiger partial charge in [-0.25, -0.2) is 13.4 Å². The van der Waals surface area contributed by atoms with Crippen molar-refractivity contribution < 1.29 is 13.2 Å². The van der Waals surface area contributed by atoms with Crippen LogP contribution in [-0.2, 0) is 22.1 Å². The molecule has 5 aromatic rings. The molecule has 248 valence electrons. The van der Waals surface area contributed by atoms with Crippen LogP contribution in [0.15, 0.2) is 97.2 Å². The Morgan fingerprint density at radius 3 is 2.29 bits per heavy atom. The molecule has 1 aromatic heterocycles. The third-order valence-electron chi connectivity index (χ3n) is 8.75. The molecule has 0 unspecified atom stereocenters. The predicted octanol–water partition coefficient (Wildman–Crippen LogP) is 7.91. The standard InChI is InChI=1S/C37H37Cl2N5O3S/c38-29-15-18-33(34(39)20-29)35-23-43(31-7-4-8-32(21-31)44(48(46)47)24-36(40)45)37(42-35)19-25-9-11-27(12-10-25)28-13-16-30(17-14-28)41-22-26-5-2-1-3-6-26/h4,7-18,20-21,23,26,41,48H,1-3,5-6,19,22,24H2,(H2,40,45). The maximum atomic E-state index is 12.0. The summed E-state index contributed by atoms with van der Waals surface area (Å²) in [4.78, 5) is 16.6. The molecule has 1 heterocycles. The van der Waals surface area contributed by atoms with E-state index in [-0.39, 0.29) is 0 Å². The highest BCUT2D eigenvalue weighted by Crippen LogP contribution is 2.32. The molecule has 0 bridgehead atoms. The number of nitrogens with two attached hydrogens (primary N) is 1. The highest BCUT2D eigenvalue weighted by atomic mass is 35.5. The van der Waals surface area contributed by atoms with E-state index in [1.165, 1.54) is 32.1 Å². The quantitative estimate of drug-likeness (QED) is 0.115. The van der Waals surface area contributed by atoms with Crippen molar-refractivity contribution in [3.05, 3.63) is 119 Å². The molecule has 8 nitrogen and oxygen atoms in total. The molecule has 1 aliphatic carbocycles. The summed E-state index contributed by atoms with van der Waals surface area (Å²) in [6.07, 6.45) is 9.04. The average molecular weight is 703 g/mol. The SMILES string of the molecule is NC(=O)CN(c1cccc(-n2cc(-c3ccc(Cl)cc3Cl)nc2Cc2ccc(-c3ccc(NCC4CCCCC4)cc3)cc2)c1)[SH](=O)=O. The van der Waals surface area contributed by atoms with Crippen LogP contribution in [0.25, 0.3) is 28.1 Å². The van der Waals surface area contributed by atoms with Crippen molar-refractivity contribution in [2.24, 2.45) is 11.7 Å². The number of anilines is 2. The zero-order valence-corrected chi connectivity index (χ0v) is 28.7. The normalized spacial score (nSPS) is 13.5. The minimum Gasteiger partial charge on any atom is -0.385 e. The Morgan fingerprint density at radius 2 is 1.62 bits per heavy atom. The van der Waals surface area contributed by atoms with Gasteiger partial charge in [0.25, 0.3) is 0 Å². The summed E-state index contributed by atoms with van der Waals surface area (Å²) < 4.78 is 26.8. The molecule has 11 heteroatoms. The van der Waals surface area contributed by atoms with Crippen molar-refractivity contribution >= 4 is 51.4 Å². The Balaban J connectivity index is 1.26. The van der Waals surface area contributed by atoms with Crippen molar-refractivity contribution in [3.63, 3.8) is 0 Å². The summed E-state index contributed by atoms with van der Waals surface area (Å²) in [7, 11) is -3.10. The maximum absolute atomic E-state index is 12.0. The van der Waals surface area contributed by atoms with E-state index >= 15 is 0 Å². The molecule has 0 spiro atoms. The fourth-order valence-electron chi connectivity index (χ4n) is 6.22. The van der Waals surface area contributed by atoms with Crippen LogP contribution in [0.1, 0.15) is 43.5 Å². The van der Waals surface area contributed by atoms with Gasteiger partial charge >= 0.3 is 0 Å². The lowest BCUT2D eigenvalue weighted by molar-refractivity contribution is -0.116. The summed E-state index contributed by atoms with van der Waals surface area (Å²) in [5.74, 6) is 0.723. The van der Waals surface area contributed by atoms with E-state index in [0.29, 0.717) is 44.9 Å². The number of hydrogen-bond donors (Lipinski definition) is 3. The number of halogens is 2. The van der Waals surface area contributed by atoms with Crippen LogP contribution >= 0.6 is 23.2 Å². The number of nitrogens with zero attached hydrogens (tertiary/aromatic N) is 3. The number of hydrogen-bond acceptors (Lipinski definition) is 5. The second-order valence-corrected chi connectivity index (χ2v) is 14.0. The molecule has 48 heavy (non-hydrogen) atoms. The van der Waals surface area contributed by atoms with E-state index in [0.717, 1.165) is 39.1 Å². The Labute approximate surface area is 292 Å². The third kappa shape index (κ3) is 8.21. The summed E-state index contributed by atoms with van der Waals surface area (Å²) in [5, 5.41) is 4.59. The van der Waals surface area contributed by atoms with Crippen LogP contribution < -0.4 is 15.4 Å². The van der Waals surface area contributed by atoms with Crippen molar-refractivity contribution in [2.75, 3.05) is 22.7 Å². The molecule has 4 aromatic carbocycles. The van der Waals surface area contributed by atoms with Gasteiger partial charge in [0, 0.05) is 41.1 Å². The van der Waals surface area contributed by atoms with E-state index in [1.807, 2.05) is 22.9 Å². The summed E-state index contributed by atoms with van der Waals surface area (Å²) in [6.45, 7) is 0.570. The summed E-state index contributed by atoms with van der Waals surface area (Å²) in [6, 6.07) is 29.1. The minimum atomic E-state index is -3.10. The average Bonchev–Trinajstić information content (AvgIpc) is 3.50. The first kappa shape index (κ1) is 33.6. The number of carbonyl (C=O) groups excluding carboxylic acids is 1. The first-order valence-corrected chi connectivity index (χ1v) is 17.9. The monoisotopic (exact) mass is 701 g/mol. The molecule has 1 fully saturated rings. The zero-order chi connectivity index (χ0) is 33.6. The maximum Gasteiger partial charge on any atom is 0.238 e. The van der Waals surface area contributed by atoms with Crippen LogP contribution in [0.3, 0.4) is 0 Å². The molecule has 6 rings (SSSR count). The van der Waals surface area contributed by atoms with E-state index in [2.05, 4.69) is 53.8 Å². The lowest BCUT2D eigenvalue weighted by atomic mass is 9.89. The second-order valence-electron chi connectivity index (χ2n) is 12.2. The van der Waals surface area contributed by atoms with Gasteiger partial charge in [-0.3, -0.25) is 9.10 Å². The van der Waals surface area contributed by atoms with Crippen LogP contribution in [0.2, 0.25) is 10.0 Å². The molecule has 0 aliphatic heterocycles. The molecule has 1 amide bonds. The van der Waals surface area contributed by atoms with Gasteiger partial charge in [0.1, 0.15) is 12.4 Å². The molecule has 1 saturated carbocycles. The van der Waals surface area contributed by atoms with Gasteiger partial charge in [0.2, 0.25) is 16.8 Å². The fraction of sp³-hybridized carbons (Fsp3) is 0.243. The molecule has 0 radical (unpaired) electrons. The predicted molar refractivity (Wildman–Crippen MR) is 196 cm³/mol. The number of primary amides is 1. The van der Waals surface area contributed by atoms with Gasteiger partial charge in [0.15, 0.2) is 0 Å². The highest BCUT2D eigenvalue weighted by molar-refractivity contribution is 7.74. The van der Waals surface area contributed by atoms with Gasteiger partial charge < -0.3 is 15.6 Å². The molecular weight excluding hydrogens is 665 g/mol. The van der Waals surface area contributed by atoms with Crippen molar-refractivity contribution in [1.82, 2.24) is 9.55 Å². The number of carbonyl (C=O) groups is 1. The van der Waals surface area contributed by atoms with Crippen LogP contribution in [0, 0.1) is 5.92 Å². The summed E-state index contributed by atoms with van der Waals surface area (Å²) >= 11 is 12.7. The number of benzene rings is 4. The minimum absolute atomic E-state index is 0.313. The Hall–Kier alpha value is -4.31. The first-order chi connectivity index (χ1) is 23.2. The molecule has 0 saturated heterocycles. The largest absolute Gasteiger partial charge is 0.385 e. The topological polar surface area (TPSA) is 110 Å². The molecular formula is C37H37Cl2N5O3S. The number of aromatic nitrogens is 2.